The van der Waals surface area contributed by atoms with Crippen LogP contribution in [0.4, 0.5) is 4.39 Å². The zero-order valence-electron chi connectivity index (χ0n) is 12.2. The molecule has 3 heteroatoms. The molecule has 0 heterocycles. The smallest absolute Gasteiger partial charge is 0.307 e. The molecule has 0 spiro atoms. The van der Waals surface area contributed by atoms with Gasteiger partial charge in [0.05, 0.1) is 5.92 Å². The number of benzene rings is 1. The highest BCUT2D eigenvalue weighted by atomic mass is 19.1. The average Bonchev–Trinajstić information content (AvgIpc) is 2.36. The first-order valence-electron chi connectivity index (χ1n) is 7.43. The van der Waals surface area contributed by atoms with Crippen molar-refractivity contribution < 1.29 is 14.3 Å². The van der Waals surface area contributed by atoms with Crippen molar-refractivity contribution in [2.45, 2.75) is 39.5 Å². The van der Waals surface area contributed by atoms with Gasteiger partial charge in [0.1, 0.15) is 5.82 Å². The van der Waals surface area contributed by atoms with E-state index in [9.17, 15) is 14.3 Å². The van der Waals surface area contributed by atoms with E-state index in [1.54, 1.807) is 12.1 Å². The SMILES string of the molecule is CC1CC(C)CC(C(Cc2ccc(F)cc2)C(=O)O)C1. The lowest BCUT2D eigenvalue weighted by molar-refractivity contribution is -0.144. The van der Waals surface area contributed by atoms with E-state index in [0.717, 1.165) is 18.4 Å². The Bertz CT molecular complexity index is 445. The molecule has 0 aromatic heterocycles. The molecule has 110 valence electrons. The zero-order valence-corrected chi connectivity index (χ0v) is 12.2. The van der Waals surface area contributed by atoms with E-state index in [4.69, 9.17) is 0 Å². The Kier molecular flexibility index (Phi) is 4.79. The van der Waals surface area contributed by atoms with Crippen LogP contribution in [0.5, 0.6) is 0 Å². The van der Waals surface area contributed by atoms with Crippen LogP contribution in [0.2, 0.25) is 0 Å². The van der Waals surface area contributed by atoms with Gasteiger partial charge in [-0.2, -0.15) is 0 Å². The summed E-state index contributed by atoms with van der Waals surface area (Å²) in [6.07, 6.45) is 3.67. The Morgan fingerprint density at radius 3 is 2.25 bits per heavy atom. The van der Waals surface area contributed by atoms with Crippen LogP contribution in [0.3, 0.4) is 0 Å². The topological polar surface area (TPSA) is 37.3 Å². The maximum Gasteiger partial charge on any atom is 0.307 e. The first kappa shape index (κ1) is 15.0. The van der Waals surface area contributed by atoms with Crippen LogP contribution in [-0.4, -0.2) is 11.1 Å². The van der Waals surface area contributed by atoms with Crippen molar-refractivity contribution in [2.24, 2.45) is 23.7 Å². The van der Waals surface area contributed by atoms with Crippen LogP contribution in [0, 0.1) is 29.5 Å². The molecular formula is C17H23FO2. The van der Waals surface area contributed by atoms with Gasteiger partial charge in [-0.3, -0.25) is 4.79 Å². The van der Waals surface area contributed by atoms with E-state index in [-0.39, 0.29) is 17.7 Å². The number of aliphatic carboxylic acids is 1. The molecule has 2 nitrogen and oxygen atoms in total. The van der Waals surface area contributed by atoms with Crippen LogP contribution >= 0.6 is 0 Å². The predicted molar refractivity (Wildman–Crippen MR) is 76.9 cm³/mol. The summed E-state index contributed by atoms with van der Waals surface area (Å²) < 4.78 is 12.9. The van der Waals surface area contributed by atoms with Crippen LogP contribution in [0.15, 0.2) is 24.3 Å². The van der Waals surface area contributed by atoms with Gasteiger partial charge < -0.3 is 5.11 Å². The van der Waals surface area contributed by atoms with Crippen LogP contribution < -0.4 is 0 Å². The van der Waals surface area contributed by atoms with E-state index in [2.05, 4.69) is 13.8 Å². The standard InChI is InChI=1S/C17H23FO2/c1-11-7-12(2)9-14(8-11)16(17(19)20)10-13-3-5-15(18)6-4-13/h3-6,11-12,14,16H,7-10H2,1-2H3,(H,19,20). The molecule has 1 saturated carbocycles. The first-order valence-corrected chi connectivity index (χ1v) is 7.43. The second kappa shape index (κ2) is 6.38. The molecule has 0 radical (unpaired) electrons. The van der Waals surface area contributed by atoms with E-state index >= 15 is 0 Å². The van der Waals surface area contributed by atoms with Gasteiger partial charge in [0.15, 0.2) is 0 Å². The maximum absolute atomic E-state index is 12.9. The van der Waals surface area contributed by atoms with Crippen molar-refractivity contribution >= 4 is 5.97 Å². The molecule has 3 atom stereocenters. The summed E-state index contributed by atoms with van der Waals surface area (Å²) in [6, 6.07) is 6.20. The van der Waals surface area contributed by atoms with Gasteiger partial charge in [0.25, 0.3) is 0 Å². The molecule has 1 fully saturated rings. The fraction of sp³-hybridized carbons (Fsp3) is 0.588. The van der Waals surface area contributed by atoms with Crippen LogP contribution in [0.1, 0.15) is 38.7 Å². The van der Waals surface area contributed by atoms with Crippen molar-refractivity contribution in [1.82, 2.24) is 0 Å². The fourth-order valence-corrected chi connectivity index (χ4v) is 3.67. The van der Waals surface area contributed by atoms with Crippen molar-refractivity contribution in [3.63, 3.8) is 0 Å². The average molecular weight is 278 g/mol. The Hall–Kier alpha value is -1.38. The second-order valence-corrected chi connectivity index (χ2v) is 6.45. The number of hydrogen-bond donors (Lipinski definition) is 1. The number of rotatable bonds is 4. The van der Waals surface area contributed by atoms with E-state index < -0.39 is 5.97 Å². The molecule has 1 aliphatic carbocycles. The summed E-state index contributed by atoms with van der Waals surface area (Å²) in [5.74, 6) is 0.0701. The molecule has 1 aromatic carbocycles. The van der Waals surface area contributed by atoms with Crippen LogP contribution in [0.25, 0.3) is 0 Å². The third-order valence-corrected chi connectivity index (χ3v) is 4.47. The van der Waals surface area contributed by atoms with Gasteiger partial charge >= 0.3 is 5.97 Å². The molecule has 0 bridgehead atoms. The van der Waals surface area contributed by atoms with Crippen LogP contribution in [-0.2, 0) is 11.2 Å². The second-order valence-electron chi connectivity index (χ2n) is 6.45. The Balaban J connectivity index is 2.10. The lowest BCUT2D eigenvalue weighted by atomic mass is 9.70. The van der Waals surface area contributed by atoms with Gasteiger partial charge in [-0.05, 0) is 61.1 Å². The summed E-state index contributed by atoms with van der Waals surface area (Å²) in [7, 11) is 0. The highest BCUT2D eigenvalue weighted by Gasteiger charge is 2.33. The number of carbonyl (C=O) groups is 1. The molecule has 1 aromatic rings. The van der Waals surface area contributed by atoms with Crippen molar-refractivity contribution in [3.05, 3.63) is 35.6 Å². The molecule has 2 rings (SSSR count). The van der Waals surface area contributed by atoms with Gasteiger partial charge in [-0.15, -0.1) is 0 Å². The minimum atomic E-state index is -0.722. The number of halogens is 1. The van der Waals surface area contributed by atoms with Crippen molar-refractivity contribution in [3.8, 4) is 0 Å². The lowest BCUT2D eigenvalue weighted by Crippen LogP contribution is -2.32. The molecule has 0 amide bonds. The molecule has 20 heavy (non-hydrogen) atoms. The van der Waals surface area contributed by atoms with E-state index in [1.807, 2.05) is 0 Å². The number of hydrogen-bond acceptors (Lipinski definition) is 1. The van der Waals surface area contributed by atoms with Crippen molar-refractivity contribution in [2.75, 3.05) is 0 Å². The molecule has 0 saturated heterocycles. The monoisotopic (exact) mass is 278 g/mol. The third kappa shape index (κ3) is 3.81. The first-order chi connectivity index (χ1) is 9.45. The molecule has 3 unspecified atom stereocenters. The van der Waals surface area contributed by atoms with Gasteiger partial charge in [0.2, 0.25) is 0 Å². The molecule has 0 aliphatic heterocycles. The summed E-state index contributed by atoms with van der Waals surface area (Å²) in [5, 5.41) is 9.54. The van der Waals surface area contributed by atoms with Gasteiger partial charge in [-0.1, -0.05) is 26.0 Å². The summed E-state index contributed by atoms with van der Waals surface area (Å²) in [5.41, 5.74) is 0.907. The van der Waals surface area contributed by atoms with E-state index in [0.29, 0.717) is 18.3 Å². The number of carboxylic acid groups (broad SMARTS) is 1. The minimum Gasteiger partial charge on any atom is -0.481 e. The highest BCUT2D eigenvalue weighted by molar-refractivity contribution is 5.70. The molecule has 1 N–H and O–H groups in total. The lowest BCUT2D eigenvalue weighted by Gasteiger charge is -2.35. The molecular weight excluding hydrogens is 255 g/mol. The number of carboxylic acids is 1. The minimum absolute atomic E-state index is 0.233. The summed E-state index contributed by atoms with van der Waals surface area (Å²) in [6.45, 7) is 4.42. The predicted octanol–water partition coefficient (Wildman–Crippen LogP) is 4.14. The van der Waals surface area contributed by atoms with Crippen molar-refractivity contribution in [1.29, 1.82) is 0 Å². The Morgan fingerprint density at radius 2 is 1.75 bits per heavy atom. The quantitative estimate of drug-likeness (QED) is 0.898. The van der Waals surface area contributed by atoms with Gasteiger partial charge in [0, 0.05) is 0 Å². The third-order valence-electron chi connectivity index (χ3n) is 4.47. The van der Waals surface area contributed by atoms with E-state index in [1.165, 1.54) is 18.6 Å². The van der Waals surface area contributed by atoms with Gasteiger partial charge in [-0.25, -0.2) is 4.39 Å². The largest absolute Gasteiger partial charge is 0.481 e. The Morgan fingerprint density at radius 1 is 1.20 bits per heavy atom. The Labute approximate surface area is 120 Å². The summed E-state index contributed by atoms with van der Waals surface area (Å²) in [4.78, 5) is 11.6. The normalized spacial score (nSPS) is 28.1. The molecule has 1 aliphatic rings. The fourth-order valence-electron chi connectivity index (χ4n) is 3.67. The zero-order chi connectivity index (χ0) is 14.7. The highest BCUT2D eigenvalue weighted by Crippen LogP contribution is 2.38. The maximum atomic E-state index is 12.9. The summed E-state index contributed by atoms with van der Waals surface area (Å²) >= 11 is 0.